The molecule has 7 heteroatoms. The molecule has 0 aromatic heterocycles. The van der Waals surface area contributed by atoms with Gasteiger partial charge in [0, 0.05) is 17.8 Å². The molecule has 1 amide bonds. The summed E-state index contributed by atoms with van der Waals surface area (Å²) in [5, 5.41) is 2.74. The van der Waals surface area contributed by atoms with Crippen molar-refractivity contribution in [3.8, 4) is 0 Å². The molecule has 0 unspecified atom stereocenters. The summed E-state index contributed by atoms with van der Waals surface area (Å²) in [6, 6.07) is 12.2. The summed E-state index contributed by atoms with van der Waals surface area (Å²) in [6.07, 6.45) is 0. The van der Waals surface area contributed by atoms with Gasteiger partial charge in [-0.2, -0.15) is 4.31 Å². The predicted molar refractivity (Wildman–Crippen MR) is 105 cm³/mol. The van der Waals surface area contributed by atoms with Crippen molar-refractivity contribution in [3.05, 3.63) is 59.7 Å². The van der Waals surface area contributed by atoms with Crippen molar-refractivity contribution in [2.24, 2.45) is 0 Å². The van der Waals surface area contributed by atoms with Crippen LogP contribution in [0.1, 0.15) is 36.7 Å². The van der Waals surface area contributed by atoms with Gasteiger partial charge < -0.3 is 5.32 Å². The second-order valence-electron chi connectivity index (χ2n) is 6.32. The number of aryl methyl sites for hydroxylation is 1. The van der Waals surface area contributed by atoms with Crippen molar-refractivity contribution in [1.29, 1.82) is 0 Å². The third-order valence-corrected chi connectivity index (χ3v) is 6.33. The highest BCUT2D eigenvalue weighted by Gasteiger charge is 2.32. The van der Waals surface area contributed by atoms with E-state index in [1.807, 2.05) is 19.1 Å². The molecule has 2 aromatic rings. The molecule has 6 nitrogen and oxygen atoms in total. The molecule has 0 radical (unpaired) electrons. The molecule has 144 valence electrons. The Morgan fingerprint density at radius 3 is 2.30 bits per heavy atom. The van der Waals surface area contributed by atoms with Gasteiger partial charge in [0.2, 0.25) is 15.9 Å². The van der Waals surface area contributed by atoms with E-state index < -0.39 is 22.0 Å². The van der Waals surface area contributed by atoms with Crippen molar-refractivity contribution >= 4 is 27.4 Å². The number of nitrogens with one attached hydrogen (secondary N) is 1. The lowest BCUT2D eigenvalue weighted by molar-refractivity contribution is -0.119. The maximum absolute atomic E-state index is 13.0. The summed E-state index contributed by atoms with van der Waals surface area (Å²) in [6.45, 7) is 6.65. The smallest absolute Gasteiger partial charge is 0.243 e. The van der Waals surface area contributed by atoms with E-state index in [2.05, 4.69) is 5.32 Å². The third-order valence-electron chi connectivity index (χ3n) is 4.29. The van der Waals surface area contributed by atoms with E-state index >= 15 is 0 Å². The largest absolute Gasteiger partial charge is 0.325 e. The topological polar surface area (TPSA) is 83.6 Å². The average Bonchev–Trinajstić information content (AvgIpc) is 2.64. The van der Waals surface area contributed by atoms with Gasteiger partial charge in [0.1, 0.15) is 6.04 Å². The summed E-state index contributed by atoms with van der Waals surface area (Å²) < 4.78 is 27.2. The maximum atomic E-state index is 13.0. The summed E-state index contributed by atoms with van der Waals surface area (Å²) in [5.41, 5.74) is 1.97. The number of carbonyl (C=O) groups is 2. The van der Waals surface area contributed by atoms with Gasteiger partial charge in [0.05, 0.1) is 4.90 Å². The number of carbonyl (C=O) groups excluding carboxylic acids is 2. The number of Topliss-reactive ketones (excluding diaryl/α,β-unsaturated/α-hetero) is 1. The van der Waals surface area contributed by atoms with Crippen molar-refractivity contribution < 1.29 is 18.0 Å². The minimum Gasteiger partial charge on any atom is -0.325 e. The van der Waals surface area contributed by atoms with Crippen LogP contribution in [0.5, 0.6) is 0 Å². The fourth-order valence-corrected chi connectivity index (χ4v) is 4.33. The molecular formula is C20H24N2O4S. The number of amides is 1. The molecule has 0 fully saturated rings. The predicted octanol–water partition coefficient (Wildman–Crippen LogP) is 3.24. The molecule has 0 aliphatic heterocycles. The van der Waals surface area contributed by atoms with Crippen LogP contribution in [-0.4, -0.2) is 37.0 Å². The first-order chi connectivity index (χ1) is 12.7. The number of nitrogens with zero attached hydrogens (tertiary/aromatic N) is 1. The van der Waals surface area contributed by atoms with Gasteiger partial charge >= 0.3 is 0 Å². The molecule has 0 aliphatic rings. The molecule has 1 N–H and O–H groups in total. The van der Waals surface area contributed by atoms with Gasteiger partial charge in [-0.3, -0.25) is 9.59 Å². The molecule has 0 saturated heterocycles. The zero-order valence-electron chi connectivity index (χ0n) is 15.9. The number of likely N-dealkylation sites (N-methyl/N-ethyl adjacent to an activating group) is 1. The van der Waals surface area contributed by atoms with Gasteiger partial charge in [-0.25, -0.2) is 8.42 Å². The van der Waals surface area contributed by atoms with Crippen LogP contribution >= 0.6 is 0 Å². The first kappa shape index (κ1) is 20.8. The van der Waals surface area contributed by atoms with Gasteiger partial charge in [-0.05, 0) is 45.0 Å². The van der Waals surface area contributed by atoms with Crippen molar-refractivity contribution in [3.63, 3.8) is 0 Å². The molecule has 2 aromatic carbocycles. The van der Waals surface area contributed by atoms with E-state index in [-0.39, 0.29) is 17.2 Å². The first-order valence-electron chi connectivity index (χ1n) is 8.67. The van der Waals surface area contributed by atoms with Crippen LogP contribution in [-0.2, 0) is 14.8 Å². The van der Waals surface area contributed by atoms with Crippen LogP contribution in [0, 0.1) is 6.92 Å². The number of ketones is 1. The van der Waals surface area contributed by atoms with E-state index in [9.17, 15) is 18.0 Å². The lowest BCUT2D eigenvalue weighted by Crippen LogP contribution is -2.45. The second-order valence-corrected chi connectivity index (χ2v) is 8.21. The highest BCUT2D eigenvalue weighted by atomic mass is 32.2. The Labute approximate surface area is 160 Å². The molecule has 27 heavy (non-hydrogen) atoms. The van der Waals surface area contributed by atoms with Gasteiger partial charge in [0.25, 0.3) is 0 Å². The molecule has 0 spiro atoms. The minimum atomic E-state index is -3.93. The quantitative estimate of drug-likeness (QED) is 0.738. The molecule has 0 saturated carbocycles. The molecule has 0 aliphatic carbocycles. The summed E-state index contributed by atoms with van der Waals surface area (Å²) >= 11 is 0. The summed E-state index contributed by atoms with van der Waals surface area (Å²) in [7, 11) is -3.93. The first-order valence-corrected chi connectivity index (χ1v) is 10.1. The Morgan fingerprint density at radius 2 is 1.74 bits per heavy atom. The van der Waals surface area contributed by atoms with Gasteiger partial charge in [-0.1, -0.05) is 36.8 Å². The Kier molecular flexibility index (Phi) is 6.51. The molecular weight excluding hydrogens is 364 g/mol. The average molecular weight is 388 g/mol. The zero-order valence-corrected chi connectivity index (χ0v) is 16.7. The second kappa shape index (κ2) is 8.45. The number of anilines is 1. The van der Waals surface area contributed by atoms with Gasteiger partial charge in [-0.15, -0.1) is 0 Å². The van der Waals surface area contributed by atoms with E-state index in [1.165, 1.54) is 25.1 Å². The SMILES string of the molecule is CCN([C@@H](C)C(=O)Nc1ccc(C)cc1)S(=O)(=O)c1cccc(C(C)=O)c1. The number of sulfonamides is 1. The van der Waals surface area contributed by atoms with E-state index in [1.54, 1.807) is 32.0 Å². The summed E-state index contributed by atoms with van der Waals surface area (Å²) in [5.74, 6) is -0.646. The summed E-state index contributed by atoms with van der Waals surface area (Å²) in [4.78, 5) is 24.1. The monoisotopic (exact) mass is 388 g/mol. The Balaban J connectivity index is 2.27. The molecule has 2 rings (SSSR count). The number of rotatable bonds is 7. The standard InChI is InChI=1S/C20H24N2O4S/c1-5-22(15(3)20(24)21-18-11-9-14(2)10-12-18)27(25,26)19-8-6-7-17(13-19)16(4)23/h6-13,15H,5H2,1-4H3,(H,21,24)/t15-/m0/s1. The number of hydrogen-bond acceptors (Lipinski definition) is 4. The van der Waals surface area contributed by atoms with Crippen LogP contribution in [0.15, 0.2) is 53.4 Å². The Bertz CT molecular complexity index is 937. The molecule has 0 bridgehead atoms. The van der Waals surface area contributed by atoms with E-state index in [4.69, 9.17) is 0 Å². The lowest BCUT2D eigenvalue weighted by atomic mass is 10.2. The van der Waals surface area contributed by atoms with Crippen LogP contribution in [0.3, 0.4) is 0 Å². The highest BCUT2D eigenvalue weighted by Crippen LogP contribution is 2.20. The number of benzene rings is 2. The Hall–Kier alpha value is -2.51. The third kappa shape index (κ3) is 4.81. The van der Waals surface area contributed by atoms with Crippen LogP contribution in [0.4, 0.5) is 5.69 Å². The molecule has 1 atom stereocenters. The zero-order chi connectivity index (χ0) is 20.2. The fraction of sp³-hybridized carbons (Fsp3) is 0.300. The van der Waals surface area contributed by atoms with E-state index in [0.717, 1.165) is 9.87 Å². The van der Waals surface area contributed by atoms with Crippen molar-refractivity contribution in [1.82, 2.24) is 4.31 Å². The maximum Gasteiger partial charge on any atom is 0.243 e. The van der Waals surface area contributed by atoms with Crippen LogP contribution < -0.4 is 5.32 Å². The number of hydrogen-bond donors (Lipinski definition) is 1. The van der Waals surface area contributed by atoms with Crippen molar-refractivity contribution in [2.45, 2.75) is 38.6 Å². The normalized spacial score (nSPS) is 12.6. The highest BCUT2D eigenvalue weighted by molar-refractivity contribution is 7.89. The van der Waals surface area contributed by atoms with Gasteiger partial charge in [0.15, 0.2) is 5.78 Å². The molecule has 0 heterocycles. The lowest BCUT2D eigenvalue weighted by Gasteiger charge is -2.26. The minimum absolute atomic E-state index is 0.00737. The van der Waals surface area contributed by atoms with Crippen LogP contribution in [0.25, 0.3) is 0 Å². The van der Waals surface area contributed by atoms with Crippen molar-refractivity contribution in [2.75, 3.05) is 11.9 Å². The Morgan fingerprint density at radius 1 is 1.11 bits per heavy atom. The van der Waals surface area contributed by atoms with E-state index in [0.29, 0.717) is 11.3 Å². The van der Waals surface area contributed by atoms with Crippen LogP contribution in [0.2, 0.25) is 0 Å². The fourth-order valence-electron chi connectivity index (χ4n) is 2.68.